The van der Waals surface area contributed by atoms with Gasteiger partial charge in [-0.15, -0.1) is 0 Å². The van der Waals surface area contributed by atoms with Crippen molar-refractivity contribution in [1.82, 2.24) is 9.55 Å². The first kappa shape index (κ1) is 10.7. The largest absolute Gasteiger partial charge is 0.343 e. The standard InChI is InChI=1S/C15H12N2O/c18-11-12-3-4-14-5-7-17(15(14)8-12)10-13-2-1-6-16-9-13/h1-9,11H,10H2. The van der Waals surface area contributed by atoms with Gasteiger partial charge in [0.1, 0.15) is 6.29 Å². The lowest BCUT2D eigenvalue weighted by atomic mass is 10.2. The van der Waals surface area contributed by atoms with Gasteiger partial charge >= 0.3 is 0 Å². The maximum absolute atomic E-state index is 10.8. The topological polar surface area (TPSA) is 34.9 Å². The van der Waals surface area contributed by atoms with E-state index in [9.17, 15) is 4.79 Å². The molecule has 3 rings (SSSR count). The number of fused-ring (bicyclic) bond motifs is 1. The molecule has 3 nitrogen and oxygen atoms in total. The van der Waals surface area contributed by atoms with Crippen molar-refractivity contribution in [3.8, 4) is 0 Å². The number of carbonyl (C=O) groups is 1. The van der Waals surface area contributed by atoms with Crippen molar-refractivity contribution in [2.45, 2.75) is 6.54 Å². The molecule has 0 aliphatic carbocycles. The van der Waals surface area contributed by atoms with Gasteiger partial charge in [0.15, 0.2) is 0 Å². The first-order valence-electron chi connectivity index (χ1n) is 5.80. The van der Waals surface area contributed by atoms with Gasteiger partial charge in [-0.25, -0.2) is 0 Å². The molecule has 0 atom stereocenters. The summed E-state index contributed by atoms with van der Waals surface area (Å²) in [6.07, 6.45) is 6.53. The van der Waals surface area contributed by atoms with Crippen LogP contribution in [0.4, 0.5) is 0 Å². The average molecular weight is 236 g/mol. The smallest absolute Gasteiger partial charge is 0.150 e. The van der Waals surface area contributed by atoms with Crippen molar-refractivity contribution in [3.63, 3.8) is 0 Å². The van der Waals surface area contributed by atoms with Crippen molar-refractivity contribution in [2.75, 3.05) is 0 Å². The normalized spacial score (nSPS) is 10.7. The second kappa shape index (κ2) is 4.45. The molecule has 0 N–H and O–H groups in total. The molecule has 0 aliphatic heterocycles. The van der Waals surface area contributed by atoms with Gasteiger partial charge in [-0.05, 0) is 29.1 Å². The first-order chi connectivity index (χ1) is 8.86. The van der Waals surface area contributed by atoms with Crippen LogP contribution in [0.15, 0.2) is 55.0 Å². The molecule has 0 bridgehead atoms. The maximum atomic E-state index is 10.8. The minimum absolute atomic E-state index is 0.702. The van der Waals surface area contributed by atoms with E-state index in [1.807, 2.05) is 42.7 Å². The molecule has 0 radical (unpaired) electrons. The fourth-order valence-electron chi connectivity index (χ4n) is 2.10. The molecule has 0 fully saturated rings. The average Bonchev–Trinajstić information content (AvgIpc) is 2.82. The van der Waals surface area contributed by atoms with Crippen LogP contribution in [0.25, 0.3) is 10.9 Å². The molecular weight excluding hydrogens is 224 g/mol. The van der Waals surface area contributed by atoms with Gasteiger partial charge in [-0.2, -0.15) is 0 Å². The lowest BCUT2D eigenvalue weighted by molar-refractivity contribution is 0.112. The van der Waals surface area contributed by atoms with Crippen LogP contribution in [0, 0.1) is 0 Å². The number of hydrogen-bond acceptors (Lipinski definition) is 2. The molecule has 0 amide bonds. The van der Waals surface area contributed by atoms with Crippen LogP contribution in [0.3, 0.4) is 0 Å². The zero-order chi connectivity index (χ0) is 12.4. The van der Waals surface area contributed by atoms with Gasteiger partial charge in [0.25, 0.3) is 0 Å². The molecule has 0 saturated heterocycles. The molecule has 2 aromatic heterocycles. The van der Waals surface area contributed by atoms with Gasteiger partial charge in [-0.3, -0.25) is 9.78 Å². The fourth-order valence-corrected chi connectivity index (χ4v) is 2.10. The molecule has 0 spiro atoms. The maximum Gasteiger partial charge on any atom is 0.150 e. The van der Waals surface area contributed by atoms with Crippen LogP contribution in [0.1, 0.15) is 15.9 Å². The van der Waals surface area contributed by atoms with Gasteiger partial charge in [-0.1, -0.05) is 18.2 Å². The Labute approximate surface area is 105 Å². The van der Waals surface area contributed by atoms with Gasteiger partial charge < -0.3 is 4.57 Å². The van der Waals surface area contributed by atoms with E-state index in [1.165, 1.54) is 0 Å². The van der Waals surface area contributed by atoms with Gasteiger partial charge in [0, 0.05) is 36.2 Å². The summed E-state index contributed by atoms with van der Waals surface area (Å²) in [5.74, 6) is 0. The Balaban J connectivity index is 2.04. The predicted octanol–water partition coefficient (Wildman–Crippen LogP) is 2.90. The van der Waals surface area contributed by atoms with Crippen LogP contribution >= 0.6 is 0 Å². The fraction of sp³-hybridized carbons (Fsp3) is 0.0667. The van der Waals surface area contributed by atoms with E-state index in [2.05, 4.69) is 15.6 Å². The summed E-state index contributed by atoms with van der Waals surface area (Å²) in [7, 11) is 0. The third kappa shape index (κ3) is 1.91. The number of pyridine rings is 1. The third-order valence-corrected chi connectivity index (χ3v) is 3.01. The van der Waals surface area contributed by atoms with Crippen molar-refractivity contribution >= 4 is 17.2 Å². The number of benzene rings is 1. The lowest BCUT2D eigenvalue weighted by Gasteiger charge is -2.05. The van der Waals surface area contributed by atoms with Crippen LogP contribution in [-0.2, 0) is 6.54 Å². The molecule has 2 heterocycles. The van der Waals surface area contributed by atoms with E-state index in [0.29, 0.717) is 5.56 Å². The highest BCUT2D eigenvalue weighted by atomic mass is 16.1. The van der Waals surface area contributed by atoms with E-state index in [-0.39, 0.29) is 0 Å². The van der Waals surface area contributed by atoms with E-state index >= 15 is 0 Å². The number of nitrogens with zero attached hydrogens (tertiary/aromatic N) is 2. The zero-order valence-electron chi connectivity index (χ0n) is 9.78. The second-order valence-corrected chi connectivity index (χ2v) is 4.24. The number of aldehydes is 1. The van der Waals surface area contributed by atoms with Crippen molar-refractivity contribution < 1.29 is 4.79 Å². The summed E-state index contributed by atoms with van der Waals surface area (Å²) < 4.78 is 2.12. The summed E-state index contributed by atoms with van der Waals surface area (Å²) in [5, 5.41) is 1.14. The van der Waals surface area contributed by atoms with Crippen LogP contribution in [0.2, 0.25) is 0 Å². The zero-order valence-corrected chi connectivity index (χ0v) is 9.78. The van der Waals surface area contributed by atoms with Crippen LogP contribution in [0.5, 0.6) is 0 Å². The summed E-state index contributed by atoms with van der Waals surface area (Å²) in [4.78, 5) is 14.9. The van der Waals surface area contributed by atoms with Crippen LogP contribution in [-0.4, -0.2) is 15.8 Å². The van der Waals surface area contributed by atoms with Gasteiger partial charge in [0.05, 0.1) is 0 Å². The number of hydrogen-bond donors (Lipinski definition) is 0. The molecule has 3 aromatic rings. The Morgan fingerprint density at radius 3 is 2.94 bits per heavy atom. The van der Waals surface area contributed by atoms with Gasteiger partial charge in [0.2, 0.25) is 0 Å². The molecule has 0 aliphatic rings. The summed E-state index contributed by atoms with van der Waals surface area (Å²) in [6.45, 7) is 0.764. The molecule has 0 saturated carbocycles. The minimum Gasteiger partial charge on any atom is -0.343 e. The molecule has 88 valence electrons. The Morgan fingerprint density at radius 1 is 1.22 bits per heavy atom. The summed E-state index contributed by atoms with van der Waals surface area (Å²) in [5.41, 5.74) is 2.92. The molecule has 18 heavy (non-hydrogen) atoms. The van der Waals surface area contributed by atoms with Crippen molar-refractivity contribution in [2.24, 2.45) is 0 Å². The quantitative estimate of drug-likeness (QED) is 0.655. The highest BCUT2D eigenvalue weighted by molar-refractivity contribution is 5.87. The van der Waals surface area contributed by atoms with E-state index in [0.717, 1.165) is 29.3 Å². The minimum atomic E-state index is 0.702. The predicted molar refractivity (Wildman–Crippen MR) is 70.7 cm³/mol. The lowest BCUT2D eigenvalue weighted by Crippen LogP contribution is -1.98. The van der Waals surface area contributed by atoms with E-state index < -0.39 is 0 Å². The molecule has 3 heteroatoms. The van der Waals surface area contributed by atoms with Crippen molar-refractivity contribution in [1.29, 1.82) is 0 Å². The third-order valence-electron chi connectivity index (χ3n) is 3.01. The Kier molecular flexibility index (Phi) is 2.65. The summed E-state index contributed by atoms with van der Waals surface area (Å²) >= 11 is 0. The Hall–Kier alpha value is -2.42. The monoisotopic (exact) mass is 236 g/mol. The highest BCUT2D eigenvalue weighted by Crippen LogP contribution is 2.18. The van der Waals surface area contributed by atoms with Crippen molar-refractivity contribution in [3.05, 3.63) is 66.1 Å². The SMILES string of the molecule is O=Cc1ccc2ccn(Cc3cccnc3)c2c1. The first-order valence-corrected chi connectivity index (χ1v) is 5.80. The highest BCUT2D eigenvalue weighted by Gasteiger charge is 2.03. The number of carbonyl (C=O) groups excluding carboxylic acids is 1. The number of rotatable bonds is 3. The molecule has 0 unspecified atom stereocenters. The van der Waals surface area contributed by atoms with Crippen LogP contribution < -0.4 is 0 Å². The second-order valence-electron chi connectivity index (χ2n) is 4.24. The van der Waals surface area contributed by atoms with E-state index in [1.54, 1.807) is 6.20 Å². The molecule has 1 aromatic carbocycles. The van der Waals surface area contributed by atoms with E-state index in [4.69, 9.17) is 0 Å². The molecular formula is C15H12N2O. The summed E-state index contributed by atoms with van der Waals surface area (Å²) in [6, 6.07) is 11.8. The Morgan fingerprint density at radius 2 is 2.17 bits per heavy atom. The Bertz CT molecular complexity index is 686. The number of aromatic nitrogens is 2.